The molecule has 1 heterocycles. The molecule has 0 unspecified atom stereocenters. The van der Waals surface area contributed by atoms with Gasteiger partial charge in [0.05, 0.1) is 6.61 Å². The van der Waals surface area contributed by atoms with E-state index in [1.165, 1.54) is 0 Å². The molecule has 0 fully saturated rings. The molecule has 1 aromatic heterocycles. The molecule has 3 nitrogen and oxygen atoms in total. The lowest BCUT2D eigenvalue weighted by Gasteiger charge is -1.94. The van der Waals surface area contributed by atoms with E-state index in [1.54, 1.807) is 13.2 Å². The summed E-state index contributed by atoms with van der Waals surface area (Å²) >= 11 is 0. The Morgan fingerprint density at radius 2 is 2.19 bits per heavy atom. The van der Waals surface area contributed by atoms with Crippen molar-refractivity contribution in [3.63, 3.8) is 0 Å². The second-order valence-corrected chi connectivity index (χ2v) is 3.82. The summed E-state index contributed by atoms with van der Waals surface area (Å²) in [6.45, 7) is 2.44. The van der Waals surface area contributed by atoms with Crippen LogP contribution in [0, 0.1) is 6.92 Å². The van der Waals surface area contributed by atoms with Gasteiger partial charge in [-0.05, 0) is 25.1 Å². The van der Waals surface area contributed by atoms with Gasteiger partial charge in [0.15, 0.2) is 11.5 Å². The number of hydrogen-bond acceptors (Lipinski definition) is 3. The molecule has 0 N–H and O–H groups in total. The summed E-state index contributed by atoms with van der Waals surface area (Å²) in [5, 5.41) is 0.973. The predicted molar refractivity (Wildman–Crippen MR) is 61.8 cm³/mol. The highest BCUT2D eigenvalue weighted by Crippen LogP contribution is 2.21. The fourth-order valence-electron chi connectivity index (χ4n) is 1.62. The fraction of sp³-hybridized carbons (Fsp3) is 0.308. The maximum Gasteiger partial charge on any atom is 0.200 e. The van der Waals surface area contributed by atoms with Gasteiger partial charge < -0.3 is 9.15 Å². The van der Waals surface area contributed by atoms with Crippen LogP contribution in [0.25, 0.3) is 11.0 Å². The first-order chi connectivity index (χ1) is 7.70. The van der Waals surface area contributed by atoms with Crippen LogP contribution >= 0.6 is 0 Å². The van der Waals surface area contributed by atoms with Gasteiger partial charge in [0.2, 0.25) is 0 Å². The molecule has 2 aromatic rings. The number of rotatable bonds is 4. The number of ketones is 1. The van der Waals surface area contributed by atoms with Crippen LogP contribution in [0.4, 0.5) is 0 Å². The second-order valence-electron chi connectivity index (χ2n) is 3.82. The smallest absolute Gasteiger partial charge is 0.200 e. The van der Waals surface area contributed by atoms with Crippen LogP contribution in [0.3, 0.4) is 0 Å². The number of aryl methyl sites for hydroxylation is 1. The monoisotopic (exact) mass is 218 g/mol. The zero-order valence-corrected chi connectivity index (χ0v) is 9.45. The summed E-state index contributed by atoms with van der Waals surface area (Å²) in [6.07, 6.45) is 0.356. The maximum atomic E-state index is 11.7. The van der Waals surface area contributed by atoms with Crippen LogP contribution in [0.15, 0.2) is 28.7 Å². The summed E-state index contributed by atoms with van der Waals surface area (Å²) < 4.78 is 10.3. The second kappa shape index (κ2) is 4.49. The van der Waals surface area contributed by atoms with Crippen molar-refractivity contribution >= 4 is 16.8 Å². The molecule has 3 heteroatoms. The van der Waals surface area contributed by atoms with E-state index in [-0.39, 0.29) is 5.78 Å². The molecule has 0 aliphatic heterocycles. The highest BCUT2D eigenvalue weighted by Gasteiger charge is 2.11. The molecule has 0 radical (unpaired) electrons. The number of carbonyl (C=O) groups is 1. The lowest BCUT2D eigenvalue weighted by molar-refractivity contribution is 0.0907. The molecular formula is C13H14O3. The van der Waals surface area contributed by atoms with E-state index in [1.807, 2.05) is 25.1 Å². The van der Waals surface area contributed by atoms with Gasteiger partial charge in [-0.25, -0.2) is 0 Å². The SMILES string of the molecule is COCCC(=O)c1cc2cc(C)ccc2o1. The number of methoxy groups -OCH3 is 1. The molecule has 84 valence electrons. The zero-order chi connectivity index (χ0) is 11.5. The van der Waals surface area contributed by atoms with E-state index in [4.69, 9.17) is 9.15 Å². The molecule has 0 atom stereocenters. The van der Waals surface area contributed by atoms with Gasteiger partial charge in [0.1, 0.15) is 5.58 Å². The summed E-state index contributed by atoms with van der Waals surface area (Å²) in [6, 6.07) is 7.65. The van der Waals surface area contributed by atoms with Crippen LogP contribution in [-0.2, 0) is 4.74 Å². The third-order valence-electron chi connectivity index (χ3n) is 2.48. The number of carbonyl (C=O) groups excluding carboxylic acids is 1. The van der Waals surface area contributed by atoms with Crippen molar-refractivity contribution in [1.29, 1.82) is 0 Å². The third-order valence-corrected chi connectivity index (χ3v) is 2.48. The molecule has 0 aliphatic carbocycles. The topological polar surface area (TPSA) is 39.4 Å². The fourth-order valence-corrected chi connectivity index (χ4v) is 1.62. The number of hydrogen-bond donors (Lipinski definition) is 0. The van der Waals surface area contributed by atoms with E-state index >= 15 is 0 Å². The number of ether oxygens (including phenoxy) is 1. The molecule has 16 heavy (non-hydrogen) atoms. The Kier molecular flexibility index (Phi) is 3.06. The maximum absolute atomic E-state index is 11.7. The summed E-state index contributed by atoms with van der Waals surface area (Å²) in [7, 11) is 1.58. The molecule has 0 aliphatic rings. The summed E-state index contributed by atoms with van der Waals surface area (Å²) in [5.41, 5.74) is 1.91. The van der Waals surface area contributed by atoms with Gasteiger partial charge in [-0.1, -0.05) is 11.6 Å². The van der Waals surface area contributed by atoms with Crippen molar-refractivity contribution in [3.8, 4) is 0 Å². The highest BCUT2D eigenvalue weighted by atomic mass is 16.5. The summed E-state index contributed by atoms with van der Waals surface area (Å²) in [4.78, 5) is 11.7. The quantitative estimate of drug-likeness (QED) is 0.740. The van der Waals surface area contributed by atoms with E-state index < -0.39 is 0 Å². The number of benzene rings is 1. The zero-order valence-electron chi connectivity index (χ0n) is 9.45. The first kappa shape index (κ1) is 10.9. The van der Waals surface area contributed by atoms with Gasteiger partial charge in [-0.15, -0.1) is 0 Å². The lowest BCUT2D eigenvalue weighted by atomic mass is 10.1. The molecule has 0 amide bonds. The van der Waals surface area contributed by atoms with Crippen molar-refractivity contribution in [2.75, 3.05) is 13.7 Å². The number of fused-ring (bicyclic) bond motifs is 1. The van der Waals surface area contributed by atoms with Crippen LogP contribution in [0.1, 0.15) is 22.5 Å². The Hall–Kier alpha value is -1.61. The van der Waals surface area contributed by atoms with Crippen LogP contribution in [-0.4, -0.2) is 19.5 Å². The lowest BCUT2D eigenvalue weighted by Crippen LogP contribution is -2.01. The normalized spacial score (nSPS) is 10.9. The summed E-state index contributed by atoms with van der Waals surface area (Å²) in [5.74, 6) is 0.397. The Bertz CT molecular complexity index is 511. The average molecular weight is 218 g/mol. The standard InChI is InChI=1S/C13H14O3/c1-9-3-4-12-10(7-9)8-13(16-12)11(14)5-6-15-2/h3-4,7-8H,5-6H2,1-2H3. The molecule has 0 saturated carbocycles. The highest BCUT2D eigenvalue weighted by molar-refractivity contribution is 5.97. The molecule has 0 spiro atoms. The molecule has 0 saturated heterocycles. The van der Waals surface area contributed by atoms with Crippen molar-refractivity contribution in [3.05, 3.63) is 35.6 Å². The van der Waals surface area contributed by atoms with Crippen LogP contribution in [0.2, 0.25) is 0 Å². The molecular weight excluding hydrogens is 204 g/mol. The predicted octanol–water partition coefficient (Wildman–Crippen LogP) is 2.96. The minimum Gasteiger partial charge on any atom is -0.453 e. The van der Waals surface area contributed by atoms with E-state index in [9.17, 15) is 4.79 Å². The van der Waals surface area contributed by atoms with Gasteiger partial charge in [-0.2, -0.15) is 0 Å². The minimum absolute atomic E-state index is 0.0179. The van der Waals surface area contributed by atoms with E-state index in [0.29, 0.717) is 18.8 Å². The van der Waals surface area contributed by atoms with Crippen molar-refractivity contribution in [2.24, 2.45) is 0 Å². The van der Waals surface area contributed by atoms with Crippen LogP contribution in [0.5, 0.6) is 0 Å². The Labute approximate surface area is 94.0 Å². The average Bonchev–Trinajstić information content (AvgIpc) is 2.68. The van der Waals surface area contributed by atoms with Crippen LogP contribution < -0.4 is 0 Å². The Balaban J connectivity index is 2.28. The van der Waals surface area contributed by atoms with E-state index in [0.717, 1.165) is 16.5 Å². The largest absolute Gasteiger partial charge is 0.453 e. The molecule has 1 aromatic carbocycles. The minimum atomic E-state index is -0.0179. The van der Waals surface area contributed by atoms with Crippen molar-refractivity contribution in [1.82, 2.24) is 0 Å². The molecule has 2 rings (SSSR count). The van der Waals surface area contributed by atoms with Gasteiger partial charge in [0, 0.05) is 18.9 Å². The van der Waals surface area contributed by atoms with Gasteiger partial charge >= 0.3 is 0 Å². The van der Waals surface area contributed by atoms with E-state index in [2.05, 4.69) is 0 Å². The number of Topliss-reactive ketones (excluding diaryl/α,β-unsaturated/α-hetero) is 1. The first-order valence-corrected chi connectivity index (χ1v) is 5.23. The molecule has 0 bridgehead atoms. The van der Waals surface area contributed by atoms with Crippen molar-refractivity contribution < 1.29 is 13.9 Å². The van der Waals surface area contributed by atoms with Gasteiger partial charge in [0.25, 0.3) is 0 Å². The Morgan fingerprint density at radius 3 is 2.94 bits per heavy atom. The first-order valence-electron chi connectivity index (χ1n) is 5.23. The Morgan fingerprint density at radius 1 is 1.38 bits per heavy atom. The van der Waals surface area contributed by atoms with Crippen molar-refractivity contribution in [2.45, 2.75) is 13.3 Å². The number of furan rings is 1. The van der Waals surface area contributed by atoms with Gasteiger partial charge in [-0.3, -0.25) is 4.79 Å². The third kappa shape index (κ3) is 2.14.